The Hall–Kier alpha value is -1.87. The van der Waals surface area contributed by atoms with Gasteiger partial charge in [-0.3, -0.25) is 0 Å². The van der Waals surface area contributed by atoms with E-state index in [1.807, 2.05) is 42.5 Å². The highest BCUT2D eigenvalue weighted by Gasteiger charge is 2.06. The van der Waals surface area contributed by atoms with Crippen LogP contribution in [0.1, 0.15) is 5.56 Å². The number of nitrogens with one attached hydrogen (secondary N) is 1. The molecule has 0 amide bonds. The summed E-state index contributed by atoms with van der Waals surface area (Å²) in [5, 5.41) is 4.01. The van der Waals surface area contributed by atoms with Gasteiger partial charge in [0.2, 0.25) is 0 Å². The fourth-order valence-corrected chi connectivity index (χ4v) is 2.06. The Morgan fingerprint density at radius 1 is 1.00 bits per heavy atom. The first-order valence-corrected chi connectivity index (χ1v) is 6.31. The summed E-state index contributed by atoms with van der Waals surface area (Å²) < 4.78 is 10.6. The maximum Gasteiger partial charge on any atom is 0.141 e. The Bertz CT molecular complexity index is 558. The molecule has 2 rings (SSSR count). The smallest absolute Gasteiger partial charge is 0.141 e. The summed E-state index contributed by atoms with van der Waals surface area (Å²) in [4.78, 5) is 0. The van der Waals surface area contributed by atoms with Crippen molar-refractivity contribution in [3.63, 3.8) is 0 Å². The van der Waals surface area contributed by atoms with E-state index in [0.29, 0.717) is 11.6 Å². The van der Waals surface area contributed by atoms with E-state index < -0.39 is 0 Å². The third-order valence-electron chi connectivity index (χ3n) is 2.82. The molecule has 100 valence electrons. The molecule has 0 aliphatic heterocycles. The van der Waals surface area contributed by atoms with Crippen LogP contribution in [0.5, 0.6) is 11.5 Å². The van der Waals surface area contributed by atoms with Gasteiger partial charge in [-0.2, -0.15) is 0 Å². The van der Waals surface area contributed by atoms with E-state index in [2.05, 4.69) is 5.32 Å². The lowest BCUT2D eigenvalue weighted by Gasteiger charge is -2.13. The molecule has 0 radical (unpaired) electrons. The molecule has 0 atom stereocenters. The molecule has 0 spiro atoms. The van der Waals surface area contributed by atoms with Crippen LogP contribution in [0.25, 0.3) is 0 Å². The van der Waals surface area contributed by atoms with Crippen LogP contribution in [0.3, 0.4) is 0 Å². The minimum absolute atomic E-state index is 0.615. The highest BCUT2D eigenvalue weighted by atomic mass is 35.5. The normalized spacial score (nSPS) is 10.1. The van der Waals surface area contributed by atoms with Gasteiger partial charge in [-0.1, -0.05) is 23.7 Å². The maximum absolute atomic E-state index is 6.01. The molecule has 0 saturated carbocycles. The van der Waals surface area contributed by atoms with Crippen molar-refractivity contribution in [3.8, 4) is 11.5 Å². The fourth-order valence-electron chi connectivity index (χ4n) is 1.87. The van der Waals surface area contributed by atoms with Crippen LogP contribution in [-0.4, -0.2) is 14.2 Å². The van der Waals surface area contributed by atoms with Gasteiger partial charge in [0.1, 0.15) is 11.5 Å². The molecule has 0 aromatic heterocycles. The number of benzene rings is 2. The van der Waals surface area contributed by atoms with Crippen LogP contribution in [-0.2, 0) is 6.54 Å². The van der Waals surface area contributed by atoms with Crippen LogP contribution in [0.2, 0.25) is 5.02 Å². The van der Waals surface area contributed by atoms with Crippen molar-refractivity contribution < 1.29 is 9.47 Å². The van der Waals surface area contributed by atoms with E-state index >= 15 is 0 Å². The third kappa shape index (κ3) is 3.32. The Balaban J connectivity index is 2.16. The van der Waals surface area contributed by atoms with Crippen LogP contribution in [0, 0.1) is 0 Å². The van der Waals surface area contributed by atoms with Crippen LogP contribution < -0.4 is 14.8 Å². The standard InChI is InChI=1S/C15H16ClNO2/c1-18-14-8-7-12(16)9-11(14)10-17-13-5-3-4-6-15(13)19-2/h3-9,17H,10H2,1-2H3. The number of methoxy groups -OCH3 is 2. The molecule has 0 fully saturated rings. The Morgan fingerprint density at radius 3 is 2.47 bits per heavy atom. The lowest BCUT2D eigenvalue weighted by molar-refractivity contribution is 0.409. The van der Waals surface area contributed by atoms with Crippen LogP contribution in [0.4, 0.5) is 5.69 Å². The number of hydrogen-bond donors (Lipinski definition) is 1. The SMILES string of the molecule is COc1ccc(Cl)cc1CNc1ccccc1OC. The van der Waals surface area contributed by atoms with Crippen molar-refractivity contribution >= 4 is 17.3 Å². The van der Waals surface area contributed by atoms with Gasteiger partial charge in [0.15, 0.2) is 0 Å². The van der Waals surface area contributed by atoms with Crippen molar-refractivity contribution in [2.75, 3.05) is 19.5 Å². The summed E-state index contributed by atoms with van der Waals surface area (Å²) in [5.41, 5.74) is 1.94. The van der Waals surface area contributed by atoms with E-state index in [0.717, 1.165) is 22.7 Å². The highest BCUT2D eigenvalue weighted by molar-refractivity contribution is 6.30. The summed E-state index contributed by atoms with van der Waals surface area (Å²) in [6.45, 7) is 0.615. The summed E-state index contributed by atoms with van der Waals surface area (Å²) in [7, 11) is 3.30. The van der Waals surface area contributed by atoms with Crippen molar-refractivity contribution in [3.05, 3.63) is 53.1 Å². The van der Waals surface area contributed by atoms with E-state index in [-0.39, 0.29) is 0 Å². The zero-order chi connectivity index (χ0) is 13.7. The maximum atomic E-state index is 6.01. The Labute approximate surface area is 118 Å². The van der Waals surface area contributed by atoms with Gasteiger partial charge in [-0.25, -0.2) is 0 Å². The predicted molar refractivity (Wildman–Crippen MR) is 78.3 cm³/mol. The van der Waals surface area contributed by atoms with E-state index in [9.17, 15) is 0 Å². The number of halogens is 1. The lowest BCUT2D eigenvalue weighted by Crippen LogP contribution is -2.03. The van der Waals surface area contributed by atoms with E-state index in [1.165, 1.54) is 0 Å². The van der Waals surface area contributed by atoms with Gasteiger partial charge in [-0.15, -0.1) is 0 Å². The quantitative estimate of drug-likeness (QED) is 0.897. The molecule has 0 bridgehead atoms. The second-order valence-electron chi connectivity index (χ2n) is 4.01. The molecule has 0 unspecified atom stereocenters. The molecule has 4 heteroatoms. The topological polar surface area (TPSA) is 30.5 Å². The second-order valence-corrected chi connectivity index (χ2v) is 4.45. The van der Waals surface area contributed by atoms with Gasteiger partial charge < -0.3 is 14.8 Å². The number of anilines is 1. The first kappa shape index (κ1) is 13.6. The molecule has 2 aromatic carbocycles. The molecule has 19 heavy (non-hydrogen) atoms. The number of hydrogen-bond acceptors (Lipinski definition) is 3. The molecular weight excluding hydrogens is 262 g/mol. The van der Waals surface area contributed by atoms with Crippen molar-refractivity contribution in [2.24, 2.45) is 0 Å². The monoisotopic (exact) mass is 277 g/mol. The summed E-state index contributed by atoms with van der Waals surface area (Å²) >= 11 is 6.01. The molecule has 2 aromatic rings. The lowest BCUT2D eigenvalue weighted by atomic mass is 10.2. The van der Waals surface area contributed by atoms with Crippen molar-refractivity contribution in [1.29, 1.82) is 0 Å². The van der Waals surface area contributed by atoms with Crippen molar-refractivity contribution in [2.45, 2.75) is 6.54 Å². The molecule has 1 N–H and O–H groups in total. The van der Waals surface area contributed by atoms with Gasteiger partial charge in [-0.05, 0) is 30.3 Å². The van der Waals surface area contributed by atoms with Crippen LogP contribution in [0.15, 0.2) is 42.5 Å². The van der Waals surface area contributed by atoms with E-state index in [4.69, 9.17) is 21.1 Å². The van der Waals surface area contributed by atoms with Gasteiger partial charge >= 0.3 is 0 Å². The zero-order valence-corrected chi connectivity index (χ0v) is 11.7. The average molecular weight is 278 g/mol. The number of para-hydroxylation sites is 2. The fraction of sp³-hybridized carbons (Fsp3) is 0.200. The Kier molecular flexibility index (Phi) is 4.53. The van der Waals surface area contributed by atoms with Crippen LogP contribution >= 0.6 is 11.6 Å². The van der Waals surface area contributed by atoms with Gasteiger partial charge in [0.05, 0.1) is 19.9 Å². The first-order valence-electron chi connectivity index (χ1n) is 5.94. The predicted octanol–water partition coefficient (Wildman–Crippen LogP) is 3.97. The molecule has 0 aliphatic carbocycles. The van der Waals surface area contributed by atoms with Gasteiger partial charge in [0, 0.05) is 17.1 Å². The Morgan fingerprint density at radius 2 is 1.74 bits per heavy atom. The average Bonchev–Trinajstić information content (AvgIpc) is 2.45. The molecule has 3 nitrogen and oxygen atoms in total. The number of rotatable bonds is 5. The van der Waals surface area contributed by atoms with E-state index in [1.54, 1.807) is 14.2 Å². The third-order valence-corrected chi connectivity index (χ3v) is 3.05. The molecular formula is C15H16ClNO2. The first-order chi connectivity index (χ1) is 9.24. The number of ether oxygens (including phenoxy) is 2. The summed E-state index contributed by atoms with van der Waals surface area (Å²) in [6.07, 6.45) is 0. The minimum atomic E-state index is 0.615. The molecule has 0 saturated heterocycles. The van der Waals surface area contributed by atoms with Crippen molar-refractivity contribution in [1.82, 2.24) is 0 Å². The summed E-state index contributed by atoms with van der Waals surface area (Å²) in [6, 6.07) is 13.3. The zero-order valence-electron chi connectivity index (χ0n) is 10.9. The molecule has 0 aliphatic rings. The second kappa shape index (κ2) is 6.34. The minimum Gasteiger partial charge on any atom is -0.496 e. The highest BCUT2D eigenvalue weighted by Crippen LogP contribution is 2.27. The molecule has 0 heterocycles. The largest absolute Gasteiger partial charge is 0.496 e. The summed E-state index contributed by atoms with van der Waals surface area (Å²) in [5.74, 6) is 1.62. The van der Waals surface area contributed by atoms with Gasteiger partial charge in [0.25, 0.3) is 0 Å².